The van der Waals surface area contributed by atoms with Crippen molar-refractivity contribution in [2.45, 2.75) is 31.8 Å². The molecule has 0 aromatic carbocycles. The lowest BCUT2D eigenvalue weighted by molar-refractivity contribution is -0.186. The minimum Gasteiger partial charge on any atom is -0.379 e. The van der Waals surface area contributed by atoms with E-state index in [9.17, 15) is 4.79 Å². The molecule has 1 amide bonds. The quantitative estimate of drug-likeness (QED) is 0.696. The van der Waals surface area contributed by atoms with Gasteiger partial charge in [-0.05, 0) is 0 Å². The first-order valence-electron chi connectivity index (χ1n) is 4.61. The molecule has 14 heavy (non-hydrogen) atoms. The largest absolute Gasteiger partial charge is 0.379 e. The van der Waals surface area contributed by atoms with Crippen molar-refractivity contribution in [1.82, 2.24) is 5.32 Å². The summed E-state index contributed by atoms with van der Waals surface area (Å²) >= 11 is 0. The van der Waals surface area contributed by atoms with E-state index in [1.165, 1.54) is 6.92 Å². The third-order valence-corrected chi connectivity index (χ3v) is 2.29. The highest BCUT2D eigenvalue weighted by Crippen LogP contribution is 2.17. The molecule has 1 saturated heterocycles. The van der Waals surface area contributed by atoms with Crippen LogP contribution in [0.25, 0.3) is 0 Å². The molecule has 1 unspecified atom stereocenters. The van der Waals surface area contributed by atoms with Crippen LogP contribution in [0.2, 0.25) is 0 Å². The fourth-order valence-electron chi connectivity index (χ4n) is 1.56. The van der Waals surface area contributed by atoms with Crippen LogP contribution in [0.1, 0.15) is 13.3 Å². The van der Waals surface area contributed by atoms with Gasteiger partial charge in [0, 0.05) is 27.6 Å². The smallest absolute Gasteiger partial charge is 0.217 e. The number of rotatable bonds is 3. The van der Waals surface area contributed by atoms with Gasteiger partial charge in [-0.15, -0.1) is 0 Å². The molecule has 0 aromatic heterocycles. The van der Waals surface area contributed by atoms with Crippen LogP contribution in [0.4, 0.5) is 0 Å². The van der Waals surface area contributed by atoms with Crippen LogP contribution in [0.15, 0.2) is 0 Å². The van der Waals surface area contributed by atoms with Gasteiger partial charge in [-0.1, -0.05) is 0 Å². The van der Waals surface area contributed by atoms with Crippen molar-refractivity contribution in [3.05, 3.63) is 0 Å². The van der Waals surface area contributed by atoms with Crippen LogP contribution < -0.4 is 5.32 Å². The summed E-state index contributed by atoms with van der Waals surface area (Å²) in [6.07, 6.45) is 0.361. The molecule has 0 spiro atoms. The lowest BCUT2D eigenvalue weighted by atomic mass is 10.1. The van der Waals surface area contributed by atoms with Crippen LogP contribution in [0, 0.1) is 0 Å². The first-order chi connectivity index (χ1) is 6.67. The van der Waals surface area contributed by atoms with Gasteiger partial charge in [0.05, 0.1) is 18.8 Å². The molecular formula is C9H17NO4. The minimum atomic E-state index is -0.232. The van der Waals surface area contributed by atoms with Gasteiger partial charge in [-0.2, -0.15) is 0 Å². The van der Waals surface area contributed by atoms with E-state index < -0.39 is 0 Å². The molecule has 1 fully saturated rings. The summed E-state index contributed by atoms with van der Waals surface area (Å²) in [6, 6.07) is -0.0797. The Morgan fingerprint density at radius 1 is 1.43 bits per heavy atom. The van der Waals surface area contributed by atoms with E-state index in [2.05, 4.69) is 5.32 Å². The number of carbonyl (C=O) groups excluding carboxylic acids is 1. The summed E-state index contributed by atoms with van der Waals surface area (Å²) in [5, 5.41) is 2.78. The Morgan fingerprint density at radius 3 is 2.64 bits per heavy atom. The second kappa shape index (κ2) is 5.29. The highest BCUT2D eigenvalue weighted by Gasteiger charge is 2.31. The normalized spacial score (nSPS) is 32.6. The van der Waals surface area contributed by atoms with Crippen LogP contribution in [0.3, 0.4) is 0 Å². The summed E-state index contributed by atoms with van der Waals surface area (Å²) in [5.41, 5.74) is 0. The Labute approximate surface area is 83.7 Å². The monoisotopic (exact) mass is 203 g/mol. The molecule has 0 saturated carbocycles. The van der Waals surface area contributed by atoms with E-state index in [0.29, 0.717) is 13.0 Å². The molecule has 3 atom stereocenters. The van der Waals surface area contributed by atoms with Crippen molar-refractivity contribution < 1.29 is 19.0 Å². The molecule has 0 aliphatic carbocycles. The maximum absolute atomic E-state index is 10.9. The van der Waals surface area contributed by atoms with Gasteiger partial charge >= 0.3 is 0 Å². The number of ether oxygens (including phenoxy) is 3. The van der Waals surface area contributed by atoms with E-state index in [1.807, 2.05) is 0 Å². The van der Waals surface area contributed by atoms with Gasteiger partial charge in [0.25, 0.3) is 0 Å². The SMILES string of the molecule is COC1C[C@@H](OC)[C@@H](NC(C)=O)CO1. The summed E-state index contributed by atoms with van der Waals surface area (Å²) in [5.74, 6) is -0.0727. The first-order valence-corrected chi connectivity index (χ1v) is 4.61. The standard InChI is InChI=1S/C9H17NO4/c1-6(11)10-7-5-14-9(13-3)4-8(7)12-2/h7-9H,4-5H2,1-3H3,(H,10,11)/t7-,8+,9?/m0/s1. The van der Waals surface area contributed by atoms with Crippen LogP contribution >= 0.6 is 0 Å². The lowest BCUT2D eigenvalue weighted by Crippen LogP contribution is -2.52. The Morgan fingerprint density at radius 2 is 2.14 bits per heavy atom. The Bertz CT molecular complexity index is 197. The van der Waals surface area contributed by atoms with Gasteiger partial charge in [0.2, 0.25) is 5.91 Å². The second-order valence-electron chi connectivity index (χ2n) is 3.32. The maximum Gasteiger partial charge on any atom is 0.217 e. The highest BCUT2D eigenvalue weighted by molar-refractivity contribution is 5.73. The van der Waals surface area contributed by atoms with E-state index in [1.54, 1.807) is 14.2 Å². The minimum absolute atomic E-state index is 0.0439. The summed E-state index contributed by atoms with van der Waals surface area (Å²) in [4.78, 5) is 10.9. The van der Waals surface area contributed by atoms with Crippen LogP contribution in [-0.2, 0) is 19.0 Å². The molecule has 5 heteroatoms. The Hall–Kier alpha value is -0.650. The zero-order valence-electron chi connectivity index (χ0n) is 8.78. The summed E-state index contributed by atoms with van der Waals surface area (Å²) in [6.45, 7) is 1.91. The van der Waals surface area contributed by atoms with Crippen molar-refractivity contribution >= 4 is 5.91 Å². The van der Waals surface area contributed by atoms with E-state index >= 15 is 0 Å². The van der Waals surface area contributed by atoms with E-state index in [4.69, 9.17) is 14.2 Å². The molecule has 82 valence electrons. The predicted molar refractivity (Wildman–Crippen MR) is 49.8 cm³/mol. The van der Waals surface area contributed by atoms with Gasteiger partial charge in [0.15, 0.2) is 6.29 Å². The lowest BCUT2D eigenvalue weighted by Gasteiger charge is -2.34. The molecule has 1 heterocycles. The number of nitrogens with one attached hydrogen (secondary N) is 1. The number of carbonyl (C=O) groups is 1. The molecule has 5 nitrogen and oxygen atoms in total. The van der Waals surface area contributed by atoms with E-state index in [-0.39, 0.29) is 24.3 Å². The molecule has 1 aliphatic rings. The molecule has 1 rings (SSSR count). The predicted octanol–water partition coefficient (Wildman–Crippen LogP) is -0.101. The topological polar surface area (TPSA) is 56.8 Å². The third-order valence-electron chi connectivity index (χ3n) is 2.29. The zero-order valence-corrected chi connectivity index (χ0v) is 8.78. The number of methoxy groups -OCH3 is 2. The first kappa shape index (κ1) is 11.4. The maximum atomic E-state index is 10.9. The molecular weight excluding hydrogens is 186 g/mol. The third kappa shape index (κ3) is 2.94. The highest BCUT2D eigenvalue weighted by atomic mass is 16.7. The fourth-order valence-corrected chi connectivity index (χ4v) is 1.56. The van der Waals surface area contributed by atoms with Crippen molar-refractivity contribution in [3.8, 4) is 0 Å². The van der Waals surface area contributed by atoms with Gasteiger partial charge in [-0.3, -0.25) is 4.79 Å². The van der Waals surface area contributed by atoms with Crippen LogP contribution in [-0.4, -0.2) is 45.2 Å². The van der Waals surface area contributed by atoms with Crippen LogP contribution in [0.5, 0.6) is 0 Å². The fraction of sp³-hybridized carbons (Fsp3) is 0.889. The van der Waals surface area contributed by atoms with E-state index in [0.717, 1.165) is 0 Å². The second-order valence-corrected chi connectivity index (χ2v) is 3.32. The molecule has 1 aliphatic heterocycles. The molecule has 0 aromatic rings. The Balaban J connectivity index is 2.47. The number of amides is 1. The summed E-state index contributed by atoms with van der Waals surface area (Å²) in [7, 11) is 3.22. The molecule has 0 bridgehead atoms. The van der Waals surface area contributed by atoms with Crippen molar-refractivity contribution in [2.24, 2.45) is 0 Å². The molecule has 0 radical (unpaired) electrons. The van der Waals surface area contributed by atoms with Gasteiger partial charge in [-0.25, -0.2) is 0 Å². The zero-order chi connectivity index (χ0) is 10.6. The van der Waals surface area contributed by atoms with Gasteiger partial charge < -0.3 is 19.5 Å². The van der Waals surface area contributed by atoms with Gasteiger partial charge in [0.1, 0.15) is 0 Å². The van der Waals surface area contributed by atoms with Crippen molar-refractivity contribution in [2.75, 3.05) is 20.8 Å². The average Bonchev–Trinajstić information content (AvgIpc) is 2.17. The van der Waals surface area contributed by atoms with Crippen molar-refractivity contribution in [1.29, 1.82) is 0 Å². The molecule has 1 N–H and O–H groups in total. The van der Waals surface area contributed by atoms with Crippen molar-refractivity contribution in [3.63, 3.8) is 0 Å². The Kier molecular flexibility index (Phi) is 4.31. The number of hydrogen-bond acceptors (Lipinski definition) is 4. The number of hydrogen-bond donors (Lipinski definition) is 1. The average molecular weight is 203 g/mol. The summed E-state index contributed by atoms with van der Waals surface area (Å²) < 4.78 is 15.7.